The lowest BCUT2D eigenvalue weighted by Gasteiger charge is -2.28. The highest BCUT2D eigenvalue weighted by Gasteiger charge is 2.30. The van der Waals surface area contributed by atoms with Crippen molar-refractivity contribution in [1.29, 1.82) is 0 Å². The Balaban J connectivity index is 1.95. The number of hydrogen-bond acceptors (Lipinski definition) is 3. The van der Waals surface area contributed by atoms with Crippen LogP contribution in [0.15, 0.2) is 23.1 Å². The minimum absolute atomic E-state index is 0.0350. The van der Waals surface area contributed by atoms with Crippen LogP contribution in [0.25, 0.3) is 0 Å². The zero-order valence-corrected chi connectivity index (χ0v) is 11.1. The highest BCUT2D eigenvalue weighted by Crippen LogP contribution is 2.29. The molecule has 1 saturated carbocycles. The van der Waals surface area contributed by atoms with Crippen LogP contribution in [0, 0.1) is 11.8 Å². The van der Waals surface area contributed by atoms with Gasteiger partial charge in [0.1, 0.15) is 0 Å². The highest BCUT2D eigenvalue weighted by atomic mass is 16.4. The van der Waals surface area contributed by atoms with Crippen molar-refractivity contribution >= 4 is 11.9 Å². The number of aromatic nitrogens is 1. The smallest absolute Gasteiger partial charge is 0.306 e. The van der Waals surface area contributed by atoms with Crippen LogP contribution in [0.1, 0.15) is 36.0 Å². The summed E-state index contributed by atoms with van der Waals surface area (Å²) in [6, 6.07) is 2.75. The van der Waals surface area contributed by atoms with Crippen molar-refractivity contribution in [2.45, 2.75) is 25.7 Å². The van der Waals surface area contributed by atoms with E-state index >= 15 is 0 Å². The molecule has 1 aliphatic rings. The molecule has 0 aliphatic heterocycles. The van der Waals surface area contributed by atoms with Gasteiger partial charge < -0.3 is 15.4 Å². The summed E-state index contributed by atoms with van der Waals surface area (Å²) in [7, 11) is 0. The molecule has 1 fully saturated rings. The topological polar surface area (TPSA) is 99.3 Å². The number of pyridine rings is 1. The molecule has 3 N–H and O–H groups in total. The fourth-order valence-electron chi connectivity index (χ4n) is 2.69. The molecule has 1 aromatic heterocycles. The molecular weight excluding hydrogens is 260 g/mol. The summed E-state index contributed by atoms with van der Waals surface area (Å²) in [6.07, 6.45) is 4.82. The molecular formula is C14H18N2O4. The number of carbonyl (C=O) groups is 2. The first-order valence-electron chi connectivity index (χ1n) is 6.77. The first-order valence-corrected chi connectivity index (χ1v) is 6.77. The van der Waals surface area contributed by atoms with E-state index in [-0.39, 0.29) is 28.9 Å². The average molecular weight is 278 g/mol. The van der Waals surface area contributed by atoms with Crippen molar-refractivity contribution in [2.24, 2.45) is 11.8 Å². The Hall–Kier alpha value is -2.11. The molecule has 2 rings (SSSR count). The van der Waals surface area contributed by atoms with Crippen molar-refractivity contribution in [1.82, 2.24) is 10.3 Å². The molecule has 0 spiro atoms. The molecule has 0 saturated heterocycles. The second-order valence-corrected chi connectivity index (χ2v) is 5.14. The average Bonchev–Trinajstić information content (AvgIpc) is 2.45. The molecule has 0 bridgehead atoms. The second kappa shape index (κ2) is 6.36. The lowest BCUT2D eigenvalue weighted by Crippen LogP contribution is -2.37. The van der Waals surface area contributed by atoms with E-state index in [9.17, 15) is 14.4 Å². The quantitative estimate of drug-likeness (QED) is 0.765. The van der Waals surface area contributed by atoms with E-state index in [1.165, 1.54) is 18.3 Å². The predicted molar refractivity (Wildman–Crippen MR) is 72.5 cm³/mol. The molecule has 1 heterocycles. The summed E-state index contributed by atoms with van der Waals surface area (Å²) in [5.41, 5.74) is -0.0461. The van der Waals surface area contributed by atoms with Crippen LogP contribution in [0.2, 0.25) is 0 Å². The van der Waals surface area contributed by atoms with Crippen LogP contribution < -0.4 is 10.9 Å². The molecule has 1 aromatic rings. The Kier molecular flexibility index (Phi) is 4.55. The Morgan fingerprint density at radius 2 is 2.10 bits per heavy atom. The van der Waals surface area contributed by atoms with Gasteiger partial charge in [-0.2, -0.15) is 0 Å². The highest BCUT2D eigenvalue weighted by molar-refractivity contribution is 5.93. The lowest BCUT2D eigenvalue weighted by molar-refractivity contribution is -0.144. The number of carboxylic acid groups (broad SMARTS) is 1. The summed E-state index contributed by atoms with van der Waals surface area (Å²) in [5.74, 6) is -1.55. The maximum Gasteiger partial charge on any atom is 0.306 e. The fourth-order valence-corrected chi connectivity index (χ4v) is 2.69. The fraction of sp³-hybridized carbons (Fsp3) is 0.500. The van der Waals surface area contributed by atoms with E-state index < -0.39 is 5.97 Å². The van der Waals surface area contributed by atoms with Crippen molar-refractivity contribution in [3.8, 4) is 0 Å². The van der Waals surface area contributed by atoms with Gasteiger partial charge in [0.25, 0.3) is 5.91 Å². The minimum atomic E-state index is -0.792. The van der Waals surface area contributed by atoms with Crippen molar-refractivity contribution in [3.63, 3.8) is 0 Å². The number of aliphatic carboxylic acids is 1. The Morgan fingerprint density at radius 1 is 1.35 bits per heavy atom. The molecule has 2 unspecified atom stereocenters. The number of aromatic amines is 1. The molecule has 0 radical (unpaired) electrons. The molecule has 6 heteroatoms. The SMILES string of the molecule is O=C(NCC1CCCCC1C(=O)O)c1cc[nH]c(=O)c1. The molecule has 2 atom stereocenters. The summed E-state index contributed by atoms with van der Waals surface area (Å²) >= 11 is 0. The third-order valence-electron chi connectivity index (χ3n) is 3.79. The maximum absolute atomic E-state index is 11.9. The maximum atomic E-state index is 11.9. The van der Waals surface area contributed by atoms with Gasteiger partial charge in [-0.3, -0.25) is 14.4 Å². The third-order valence-corrected chi connectivity index (χ3v) is 3.79. The van der Waals surface area contributed by atoms with Crippen LogP contribution in [-0.4, -0.2) is 28.5 Å². The second-order valence-electron chi connectivity index (χ2n) is 5.14. The number of nitrogens with one attached hydrogen (secondary N) is 2. The van der Waals surface area contributed by atoms with E-state index in [4.69, 9.17) is 5.11 Å². The van der Waals surface area contributed by atoms with E-state index in [1.54, 1.807) is 0 Å². The zero-order chi connectivity index (χ0) is 14.5. The number of H-pyrrole nitrogens is 1. The monoisotopic (exact) mass is 278 g/mol. The Bertz CT molecular complexity index is 552. The van der Waals surface area contributed by atoms with Crippen molar-refractivity contribution in [3.05, 3.63) is 34.2 Å². The minimum Gasteiger partial charge on any atom is -0.481 e. The van der Waals surface area contributed by atoms with Crippen molar-refractivity contribution in [2.75, 3.05) is 6.54 Å². The number of carboxylic acids is 1. The van der Waals surface area contributed by atoms with Crippen LogP contribution >= 0.6 is 0 Å². The number of hydrogen-bond donors (Lipinski definition) is 3. The van der Waals surface area contributed by atoms with Crippen LogP contribution in [0.4, 0.5) is 0 Å². The van der Waals surface area contributed by atoms with Crippen LogP contribution in [-0.2, 0) is 4.79 Å². The standard InChI is InChI=1S/C14H18N2O4/c17-12-7-9(5-6-15-12)13(18)16-8-10-3-1-2-4-11(10)14(19)20/h5-7,10-11H,1-4,8H2,(H,15,17)(H,16,18)(H,19,20). The van der Waals surface area contributed by atoms with Crippen LogP contribution in [0.3, 0.4) is 0 Å². The summed E-state index contributed by atoms with van der Waals surface area (Å²) in [5, 5.41) is 11.9. The molecule has 6 nitrogen and oxygen atoms in total. The van der Waals surface area contributed by atoms with Gasteiger partial charge >= 0.3 is 5.97 Å². The van der Waals surface area contributed by atoms with Gasteiger partial charge in [-0.15, -0.1) is 0 Å². The van der Waals surface area contributed by atoms with E-state index in [2.05, 4.69) is 10.3 Å². The van der Waals surface area contributed by atoms with Crippen molar-refractivity contribution < 1.29 is 14.7 Å². The van der Waals surface area contributed by atoms with Gasteiger partial charge in [0.05, 0.1) is 5.92 Å². The first kappa shape index (κ1) is 14.3. The van der Waals surface area contributed by atoms with Gasteiger partial charge in [-0.1, -0.05) is 12.8 Å². The van der Waals surface area contributed by atoms with Gasteiger partial charge in [0, 0.05) is 24.4 Å². The Morgan fingerprint density at radius 3 is 2.80 bits per heavy atom. The third kappa shape index (κ3) is 3.46. The Labute approximate surface area is 116 Å². The lowest BCUT2D eigenvalue weighted by atomic mass is 9.79. The molecule has 0 aromatic carbocycles. The number of rotatable bonds is 4. The molecule has 1 aliphatic carbocycles. The first-order chi connectivity index (χ1) is 9.58. The van der Waals surface area contributed by atoms with E-state index in [0.29, 0.717) is 13.0 Å². The number of carbonyl (C=O) groups excluding carboxylic acids is 1. The van der Waals surface area contributed by atoms with Gasteiger partial charge in [-0.25, -0.2) is 0 Å². The summed E-state index contributed by atoms with van der Waals surface area (Å²) in [4.78, 5) is 36.6. The molecule has 20 heavy (non-hydrogen) atoms. The summed E-state index contributed by atoms with van der Waals surface area (Å²) in [6.45, 7) is 0.336. The zero-order valence-electron chi connectivity index (χ0n) is 11.1. The molecule has 108 valence electrons. The largest absolute Gasteiger partial charge is 0.481 e. The normalized spacial score (nSPS) is 22.2. The predicted octanol–water partition coefficient (Wildman–Crippen LogP) is 0.996. The van der Waals surface area contributed by atoms with E-state index in [0.717, 1.165) is 19.3 Å². The van der Waals surface area contributed by atoms with Gasteiger partial charge in [-0.05, 0) is 24.8 Å². The summed E-state index contributed by atoms with van der Waals surface area (Å²) < 4.78 is 0. The van der Waals surface area contributed by atoms with Gasteiger partial charge in [0.15, 0.2) is 0 Å². The van der Waals surface area contributed by atoms with Gasteiger partial charge in [0.2, 0.25) is 5.56 Å². The van der Waals surface area contributed by atoms with E-state index in [1.807, 2.05) is 0 Å². The van der Waals surface area contributed by atoms with Crippen LogP contribution in [0.5, 0.6) is 0 Å². The number of amides is 1. The molecule has 1 amide bonds.